The number of rotatable bonds is 5. The zero-order valence-corrected chi connectivity index (χ0v) is 13.8. The van der Waals surface area contributed by atoms with Crippen LogP contribution in [0, 0.1) is 11.3 Å². The van der Waals surface area contributed by atoms with Gasteiger partial charge < -0.3 is 10.2 Å². The topological polar surface area (TPSA) is 81.9 Å². The molecule has 0 spiro atoms. The molecule has 8 heteroatoms. The highest BCUT2D eigenvalue weighted by atomic mass is 35.5. The fourth-order valence-electron chi connectivity index (χ4n) is 1.86. The summed E-state index contributed by atoms with van der Waals surface area (Å²) in [5.74, 6) is 0.103. The van der Waals surface area contributed by atoms with Crippen molar-refractivity contribution in [2.24, 2.45) is 0 Å². The second kappa shape index (κ2) is 7.77. The molecule has 0 aliphatic heterocycles. The Morgan fingerprint density at radius 1 is 1.39 bits per heavy atom. The second-order valence-electron chi connectivity index (χ2n) is 4.64. The molecule has 118 valence electrons. The van der Waals surface area contributed by atoms with E-state index in [1.807, 2.05) is 6.07 Å². The Hall–Kier alpha value is -2.36. The van der Waals surface area contributed by atoms with Crippen LogP contribution in [0.15, 0.2) is 30.5 Å². The smallest absolute Gasteiger partial charge is 0.255 e. The van der Waals surface area contributed by atoms with Gasteiger partial charge >= 0.3 is 0 Å². The van der Waals surface area contributed by atoms with E-state index in [1.165, 1.54) is 11.1 Å². The van der Waals surface area contributed by atoms with Crippen LogP contribution in [-0.4, -0.2) is 34.4 Å². The van der Waals surface area contributed by atoms with Gasteiger partial charge in [-0.05, 0) is 23.7 Å². The van der Waals surface area contributed by atoms with Crippen LogP contribution < -0.4 is 5.32 Å². The summed E-state index contributed by atoms with van der Waals surface area (Å²) < 4.78 is 0. The van der Waals surface area contributed by atoms with E-state index >= 15 is 0 Å². The summed E-state index contributed by atoms with van der Waals surface area (Å²) in [6.07, 6.45) is 1.65. The third kappa shape index (κ3) is 4.31. The summed E-state index contributed by atoms with van der Waals surface area (Å²) in [5, 5.41) is 12.0. The molecule has 2 aromatic rings. The van der Waals surface area contributed by atoms with E-state index in [9.17, 15) is 4.79 Å². The normalized spacial score (nSPS) is 10.0. The van der Waals surface area contributed by atoms with Crippen LogP contribution in [0.3, 0.4) is 0 Å². The molecule has 0 aliphatic rings. The monoisotopic (exact) mass is 349 g/mol. The molecule has 1 aromatic carbocycles. The SMILES string of the molecule is CN(CCC#N)C(=O)c1ccccc1Nc1nc(Cl)ncc1Cl. The van der Waals surface area contributed by atoms with Gasteiger partial charge in [-0.1, -0.05) is 23.7 Å². The Morgan fingerprint density at radius 2 is 2.13 bits per heavy atom. The van der Waals surface area contributed by atoms with Crippen LogP contribution in [-0.2, 0) is 0 Å². The Bertz CT molecular complexity index is 760. The number of aromatic nitrogens is 2. The quantitative estimate of drug-likeness (QED) is 0.835. The number of amides is 1. The lowest BCUT2D eigenvalue weighted by Gasteiger charge is -2.18. The Kier molecular flexibility index (Phi) is 5.74. The van der Waals surface area contributed by atoms with E-state index in [2.05, 4.69) is 15.3 Å². The molecule has 1 heterocycles. The summed E-state index contributed by atoms with van der Waals surface area (Å²) in [7, 11) is 1.64. The van der Waals surface area contributed by atoms with E-state index in [0.29, 0.717) is 23.6 Å². The first-order chi connectivity index (χ1) is 11.0. The summed E-state index contributed by atoms with van der Waals surface area (Å²) in [6.45, 7) is 0.351. The average molecular weight is 350 g/mol. The number of nitrogens with one attached hydrogen (secondary N) is 1. The van der Waals surface area contributed by atoms with Gasteiger partial charge in [-0.3, -0.25) is 4.79 Å². The number of carbonyl (C=O) groups excluding carboxylic acids is 1. The van der Waals surface area contributed by atoms with E-state index in [4.69, 9.17) is 28.5 Å². The highest BCUT2D eigenvalue weighted by Gasteiger charge is 2.16. The Balaban J connectivity index is 2.29. The van der Waals surface area contributed by atoms with Crippen LogP contribution in [0.1, 0.15) is 16.8 Å². The number of benzene rings is 1. The molecule has 6 nitrogen and oxygen atoms in total. The van der Waals surface area contributed by atoms with Crippen LogP contribution in [0.4, 0.5) is 11.5 Å². The minimum atomic E-state index is -0.209. The fourth-order valence-corrected chi connectivity index (χ4v) is 2.14. The number of halogens is 2. The summed E-state index contributed by atoms with van der Waals surface area (Å²) in [5.41, 5.74) is 0.983. The third-order valence-corrected chi connectivity index (χ3v) is 3.49. The maximum Gasteiger partial charge on any atom is 0.255 e. The molecule has 0 saturated carbocycles. The van der Waals surface area contributed by atoms with Crippen molar-refractivity contribution in [2.45, 2.75) is 6.42 Å². The lowest BCUT2D eigenvalue weighted by atomic mass is 10.1. The predicted octanol–water partition coefficient (Wildman–Crippen LogP) is 3.51. The zero-order valence-electron chi connectivity index (χ0n) is 12.3. The fraction of sp³-hybridized carbons (Fsp3) is 0.200. The molecule has 0 atom stereocenters. The second-order valence-corrected chi connectivity index (χ2v) is 5.39. The number of anilines is 2. The first-order valence-electron chi connectivity index (χ1n) is 6.69. The summed E-state index contributed by atoms with van der Waals surface area (Å²) in [6, 6.07) is 8.97. The predicted molar refractivity (Wildman–Crippen MR) is 89.0 cm³/mol. The molecular formula is C15H13Cl2N5O. The number of carbonyl (C=O) groups is 1. The van der Waals surface area contributed by atoms with Crippen molar-refractivity contribution in [3.05, 3.63) is 46.3 Å². The van der Waals surface area contributed by atoms with E-state index < -0.39 is 0 Å². The average Bonchev–Trinajstić information content (AvgIpc) is 2.56. The van der Waals surface area contributed by atoms with Crippen molar-refractivity contribution >= 4 is 40.6 Å². The molecule has 1 N–H and O–H groups in total. The van der Waals surface area contributed by atoms with Gasteiger partial charge in [-0.25, -0.2) is 4.98 Å². The van der Waals surface area contributed by atoms with Crippen molar-refractivity contribution < 1.29 is 4.79 Å². The van der Waals surface area contributed by atoms with Gasteiger partial charge in [0.05, 0.1) is 29.9 Å². The molecule has 23 heavy (non-hydrogen) atoms. The van der Waals surface area contributed by atoms with Crippen molar-refractivity contribution in [3.63, 3.8) is 0 Å². The summed E-state index contributed by atoms with van der Waals surface area (Å²) in [4.78, 5) is 21.8. The summed E-state index contributed by atoms with van der Waals surface area (Å²) >= 11 is 11.8. The van der Waals surface area contributed by atoms with E-state index in [1.54, 1.807) is 31.3 Å². The maximum atomic E-state index is 12.5. The molecule has 0 radical (unpaired) electrons. The van der Waals surface area contributed by atoms with Crippen molar-refractivity contribution in [2.75, 3.05) is 18.9 Å². The number of nitriles is 1. The largest absolute Gasteiger partial charge is 0.341 e. The van der Waals surface area contributed by atoms with Crippen LogP contribution in [0.25, 0.3) is 0 Å². The molecule has 2 rings (SSSR count). The lowest BCUT2D eigenvalue weighted by Crippen LogP contribution is -2.28. The van der Waals surface area contributed by atoms with Gasteiger partial charge in [-0.2, -0.15) is 10.2 Å². The number of para-hydroxylation sites is 1. The van der Waals surface area contributed by atoms with Gasteiger partial charge in [-0.15, -0.1) is 0 Å². The molecule has 0 saturated heterocycles. The molecule has 0 aliphatic carbocycles. The Morgan fingerprint density at radius 3 is 2.87 bits per heavy atom. The molecule has 1 amide bonds. The van der Waals surface area contributed by atoms with E-state index in [-0.39, 0.29) is 22.6 Å². The van der Waals surface area contributed by atoms with Gasteiger partial charge in [0.1, 0.15) is 5.02 Å². The molecule has 0 fully saturated rings. The minimum Gasteiger partial charge on any atom is -0.341 e. The van der Waals surface area contributed by atoms with Gasteiger partial charge in [0.15, 0.2) is 5.82 Å². The minimum absolute atomic E-state index is 0.0480. The third-order valence-electron chi connectivity index (χ3n) is 3.03. The Labute approximate surface area is 143 Å². The molecular weight excluding hydrogens is 337 g/mol. The molecule has 1 aromatic heterocycles. The highest BCUT2D eigenvalue weighted by molar-refractivity contribution is 6.33. The number of hydrogen-bond donors (Lipinski definition) is 1. The standard InChI is InChI=1S/C15H13Cl2N5O/c1-22(8-4-7-18)14(23)10-5-2-3-6-12(10)20-13-11(16)9-19-15(17)21-13/h2-3,5-6,9H,4,8H2,1H3,(H,19,20,21). The van der Waals surface area contributed by atoms with Crippen molar-refractivity contribution in [1.29, 1.82) is 5.26 Å². The van der Waals surface area contributed by atoms with E-state index in [0.717, 1.165) is 0 Å². The van der Waals surface area contributed by atoms with Gasteiger partial charge in [0.2, 0.25) is 5.28 Å². The van der Waals surface area contributed by atoms with Gasteiger partial charge in [0, 0.05) is 13.6 Å². The first kappa shape index (κ1) is 17.0. The first-order valence-corrected chi connectivity index (χ1v) is 7.45. The number of hydrogen-bond acceptors (Lipinski definition) is 5. The maximum absolute atomic E-state index is 12.5. The van der Waals surface area contributed by atoms with Crippen LogP contribution >= 0.6 is 23.2 Å². The van der Waals surface area contributed by atoms with Crippen molar-refractivity contribution in [1.82, 2.24) is 14.9 Å². The van der Waals surface area contributed by atoms with Crippen LogP contribution in [0.2, 0.25) is 10.3 Å². The van der Waals surface area contributed by atoms with Gasteiger partial charge in [0.25, 0.3) is 5.91 Å². The van der Waals surface area contributed by atoms with Crippen LogP contribution in [0.5, 0.6) is 0 Å². The lowest BCUT2D eigenvalue weighted by molar-refractivity contribution is 0.0799. The highest BCUT2D eigenvalue weighted by Crippen LogP contribution is 2.26. The van der Waals surface area contributed by atoms with Crippen molar-refractivity contribution in [3.8, 4) is 6.07 Å². The zero-order chi connectivity index (χ0) is 16.8. The number of nitrogens with zero attached hydrogens (tertiary/aromatic N) is 4. The molecule has 0 bridgehead atoms. The molecule has 0 unspecified atom stereocenters.